The van der Waals surface area contributed by atoms with E-state index in [4.69, 9.17) is 4.74 Å². The van der Waals surface area contributed by atoms with Gasteiger partial charge in [0.15, 0.2) is 0 Å². The van der Waals surface area contributed by atoms with Gasteiger partial charge in [-0.1, -0.05) is 12.1 Å². The summed E-state index contributed by atoms with van der Waals surface area (Å²) in [5.41, 5.74) is 3.08. The second kappa shape index (κ2) is 9.72. The van der Waals surface area contributed by atoms with Crippen LogP contribution in [-0.4, -0.2) is 56.8 Å². The third-order valence-electron chi connectivity index (χ3n) is 5.67. The monoisotopic (exact) mass is 446 g/mol. The molecule has 0 bridgehead atoms. The van der Waals surface area contributed by atoms with Gasteiger partial charge in [0, 0.05) is 37.9 Å². The Hall–Kier alpha value is -3.88. The number of amides is 2. The summed E-state index contributed by atoms with van der Waals surface area (Å²) in [6.45, 7) is 5.11. The van der Waals surface area contributed by atoms with Crippen LogP contribution in [0.2, 0.25) is 0 Å². The molecule has 0 spiro atoms. The first kappa shape index (κ1) is 22.3. The molecule has 4 rings (SSSR count). The Morgan fingerprint density at radius 2 is 2.00 bits per heavy atom. The number of ether oxygens (including phenoxy) is 1. The lowest BCUT2D eigenvalue weighted by molar-refractivity contribution is 0.0784. The lowest BCUT2D eigenvalue weighted by Crippen LogP contribution is -2.29. The van der Waals surface area contributed by atoms with Gasteiger partial charge in [-0.15, -0.1) is 0 Å². The molecular formula is C24H26N6O3. The maximum absolute atomic E-state index is 12.7. The molecule has 33 heavy (non-hydrogen) atoms. The van der Waals surface area contributed by atoms with Crippen molar-refractivity contribution in [3.63, 3.8) is 0 Å². The van der Waals surface area contributed by atoms with Crippen LogP contribution >= 0.6 is 0 Å². The molecule has 1 N–H and O–H groups in total. The highest BCUT2D eigenvalue weighted by atomic mass is 16.5. The number of carbonyl (C=O) groups excluding carboxylic acids is 2. The van der Waals surface area contributed by atoms with E-state index < -0.39 is 0 Å². The molecule has 0 aliphatic carbocycles. The van der Waals surface area contributed by atoms with Gasteiger partial charge in [0.1, 0.15) is 17.3 Å². The van der Waals surface area contributed by atoms with Crippen LogP contribution in [0.15, 0.2) is 42.9 Å². The summed E-state index contributed by atoms with van der Waals surface area (Å²) in [6.07, 6.45) is 5.41. The van der Waals surface area contributed by atoms with Crippen molar-refractivity contribution in [3.05, 3.63) is 76.9 Å². The fourth-order valence-electron chi connectivity index (χ4n) is 3.79. The van der Waals surface area contributed by atoms with Gasteiger partial charge in [-0.05, 0) is 38.0 Å². The van der Waals surface area contributed by atoms with Gasteiger partial charge in [-0.25, -0.2) is 15.0 Å². The average molecular weight is 447 g/mol. The first-order valence-corrected chi connectivity index (χ1v) is 10.8. The van der Waals surface area contributed by atoms with E-state index in [2.05, 4.69) is 25.3 Å². The summed E-state index contributed by atoms with van der Waals surface area (Å²) in [5.74, 6) is 1.02. The zero-order chi connectivity index (χ0) is 23.4. The van der Waals surface area contributed by atoms with Gasteiger partial charge in [0.2, 0.25) is 0 Å². The van der Waals surface area contributed by atoms with Gasteiger partial charge < -0.3 is 15.0 Å². The summed E-state index contributed by atoms with van der Waals surface area (Å²) in [7, 11) is 1.61. The van der Waals surface area contributed by atoms with Gasteiger partial charge in [-0.3, -0.25) is 14.6 Å². The topological polar surface area (TPSA) is 110 Å². The number of aryl methyl sites for hydroxylation is 2. The van der Waals surface area contributed by atoms with Crippen molar-refractivity contribution in [2.45, 2.75) is 32.7 Å². The smallest absolute Gasteiger partial charge is 0.274 e. The summed E-state index contributed by atoms with van der Waals surface area (Å²) < 4.78 is 5.22. The Bertz CT molecular complexity index is 1170. The number of hydrogen-bond acceptors (Lipinski definition) is 7. The minimum absolute atomic E-state index is 0.0138. The molecule has 1 aliphatic rings. The van der Waals surface area contributed by atoms with Crippen molar-refractivity contribution in [3.8, 4) is 5.75 Å². The highest BCUT2D eigenvalue weighted by Gasteiger charge is 2.30. The van der Waals surface area contributed by atoms with E-state index in [0.717, 1.165) is 23.4 Å². The molecule has 1 fully saturated rings. The van der Waals surface area contributed by atoms with Crippen LogP contribution in [0, 0.1) is 13.8 Å². The van der Waals surface area contributed by atoms with Crippen LogP contribution < -0.4 is 10.1 Å². The van der Waals surface area contributed by atoms with E-state index in [9.17, 15) is 9.59 Å². The number of hydrogen-bond donors (Lipinski definition) is 1. The Labute approximate surface area is 192 Å². The predicted molar refractivity (Wildman–Crippen MR) is 121 cm³/mol. The standard InChI is InChI=1S/C24H26N6O3/c1-15-10-26-21(13-25-15)24(32)30-8-7-18(14-30)22-27-12-20(16(2)29-22)23(31)28-11-17-5-4-6-19(9-17)33-3/h4-6,9-10,12-13,18H,7-8,11,14H2,1-3H3,(H,28,31)/t18-/m1/s1. The molecule has 1 atom stereocenters. The molecule has 170 valence electrons. The first-order chi connectivity index (χ1) is 15.9. The Morgan fingerprint density at radius 1 is 1.15 bits per heavy atom. The fourth-order valence-corrected chi connectivity index (χ4v) is 3.79. The highest BCUT2D eigenvalue weighted by Crippen LogP contribution is 2.26. The molecule has 0 unspecified atom stereocenters. The fraction of sp³-hybridized carbons (Fsp3) is 0.333. The molecule has 2 aromatic heterocycles. The maximum atomic E-state index is 12.7. The van der Waals surface area contributed by atoms with Gasteiger partial charge in [-0.2, -0.15) is 0 Å². The summed E-state index contributed by atoms with van der Waals surface area (Å²) in [6, 6.07) is 7.53. The highest BCUT2D eigenvalue weighted by molar-refractivity contribution is 5.95. The third kappa shape index (κ3) is 5.14. The molecule has 2 amide bonds. The van der Waals surface area contributed by atoms with Crippen LogP contribution in [0.5, 0.6) is 5.75 Å². The number of aromatic nitrogens is 4. The van der Waals surface area contributed by atoms with Gasteiger partial charge in [0.05, 0.1) is 30.3 Å². The third-order valence-corrected chi connectivity index (χ3v) is 5.67. The second-order valence-corrected chi connectivity index (χ2v) is 8.04. The minimum Gasteiger partial charge on any atom is -0.497 e. The molecule has 1 aliphatic heterocycles. The summed E-state index contributed by atoms with van der Waals surface area (Å²) in [5, 5.41) is 2.90. The number of benzene rings is 1. The van der Waals surface area contributed by atoms with Crippen LogP contribution in [0.3, 0.4) is 0 Å². The van der Waals surface area contributed by atoms with Crippen molar-refractivity contribution in [1.82, 2.24) is 30.2 Å². The van der Waals surface area contributed by atoms with E-state index in [1.165, 1.54) is 6.20 Å². The lowest BCUT2D eigenvalue weighted by atomic mass is 10.1. The molecule has 1 aromatic carbocycles. The predicted octanol–water partition coefficient (Wildman–Crippen LogP) is 2.45. The Balaban J connectivity index is 1.38. The van der Waals surface area contributed by atoms with Crippen LogP contribution in [0.4, 0.5) is 0 Å². The zero-order valence-electron chi connectivity index (χ0n) is 18.9. The Morgan fingerprint density at radius 3 is 2.73 bits per heavy atom. The van der Waals surface area contributed by atoms with Crippen LogP contribution in [0.1, 0.15) is 56.0 Å². The number of nitrogens with one attached hydrogen (secondary N) is 1. The quantitative estimate of drug-likeness (QED) is 0.619. The van der Waals surface area contributed by atoms with Crippen molar-refractivity contribution in [2.75, 3.05) is 20.2 Å². The minimum atomic E-state index is -0.233. The number of likely N-dealkylation sites (tertiary alicyclic amines) is 1. The molecular weight excluding hydrogens is 420 g/mol. The molecule has 9 heteroatoms. The van der Waals surface area contributed by atoms with E-state index >= 15 is 0 Å². The number of carbonyl (C=O) groups is 2. The van der Waals surface area contributed by atoms with E-state index in [1.807, 2.05) is 31.2 Å². The van der Waals surface area contributed by atoms with E-state index in [0.29, 0.717) is 42.4 Å². The largest absolute Gasteiger partial charge is 0.497 e. The number of methoxy groups -OCH3 is 1. The van der Waals surface area contributed by atoms with E-state index in [-0.39, 0.29) is 17.7 Å². The Kier molecular flexibility index (Phi) is 6.58. The lowest BCUT2D eigenvalue weighted by Gasteiger charge is -2.16. The SMILES string of the molecule is COc1cccc(CNC(=O)c2cnc([C@@H]3CCN(C(=O)c4cnc(C)cn4)C3)nc2C)c1. The molecule has 9 nitrogen and oxygen atoms in total. The molecule has 3 heterocycles. The molecule has 3 aromatic rings. The van der Waals surface area contributed by atoms with Crippen molar-refractivity contribution < 1.29 is 14.3 Å². The van der Waals surface area contributed by atoms with Crippen molar-refractivity contribution in [1.29, 1.82) is 0 Å². The van der Waals surface area contributed by atoms with Crippen LogP contribution in [0.25, 0.3) is 0 Å². The van der Waals surface area contributed by atoms with Crippen molar-refractivity contribution >= 4 is 11.8 Å². The van der Waals surface area contributed by atoms with E-state index in [1.54, 1.807) is 31.3 Å². The molecule has 1 saturated heterocycles. The maximum Gasteiger partial charge on any atom is 0.274 e. The summed E-state index contributed by atoms with van der Waals surface area (Å²) >= 11 is 0. The number of nitrogens with zero attached hydrogens (tertiary/aromatic N) is 5. The van der Waals surface area contributed by atoms with Crippen LogP contribution in [-0.2, 0) is 6.54 Å². The van der Waals surface area contributed by atoms with Crippen molar-refractivity contribution in [2.24, 2.45) is 0 Å². The molecule has 0 radical (unpaired) electrons. The first-order valence-electron chi connectivity index (χ1n) is 10.8. The molecule has 0 saturated carbocycles. The van der Waals surface area contributed by atoms with Gasteiger partial charge in [0.25, 0.3) is 11.8 Å². The second-order valence-electron chi connectivity index (χ2n) is 8.04. The zero-order valence-corrected chi connectivity index (χ0v) is 18.9. The van der Waals surface area contributed by atoms with Gasteiger partial charge >= 0.3 is 0 Å². The average Bonchev–Trinajstić information content (AvgIpc) is 3.33. The number of rotatable bonds is 6. The normalized spacial score (nSPS) is 15.4. The summed E-state index contributed by atoms with van der Waals surface area (Å²) in [4.78, 5) is 44.5.